The normalized spacial score (nSPS) is 10.9. The number of rotatable bonds is 4. The van der Waals surface area contributed by atoms with E-state index in [0.29, 0.717) is 0 Å². The second kappa shape index (κ2) is 5.81. The van der Waals surface area contributed by atoms with Gasteiger partial charge < -0.3 is 10.1 Å². The molecule has 104 valence electrons. The zero-order chi connectivity index (χ0) is 14.6. The Morgan fingerprint density at radius 3 is 2.37 bits per heavy atom. The van der Waals surface area contributed by atoms with Crippen LogP contribution in [0.4, 0.5) is 5.69 Å². The summed E-state index contributed by atoms with van der Waals surface area (Å²) in [6, 6.07) is 3.89. The Balaban J connectivity index is 3.43. The topological polar surface area (TPSA) is 102 Å². The number of ether oxygens (including phenoxy) is 1. The molecule has 0 saturated carbocycles. The minimum atomic E-state index is -3.84. The number of sulfonamides is 1. The first-order valence-corrected chi connectivity index (χ1v) is 6.73. The van der Waals surface area contributed by atoms with Crippen LogP contribution in [0.3, 0.4) is 0 Å². The monoisotopic (exact) mass is 286 g/mol. The summed E-state index contributed by atoms with van der Waals surface area (Å²) in [6.45, 7) is 1.29. The molecule has 0 aliphatic heterocycles. The zero-order valence-electron chi connectivity index (χ0n) is 10.7. The van der Waals surface area contributed by atoms with E-state index in [9.17, 15) is 18.0 Å². The van der Waals surface area contributed by atoms with Gasteiger partial charge in [-0.25, -0.2) is 17.9 Å². The minimum absolute atomic E-state index is 0.106. The third-order valence-electron chi connectivity index (χ3n) is 2.27. The van der Waals surface area contributed by atoms with Crippen LogP contribution in [0, 0.1) is 0 Å². The van der Waals surface area contributed by atoms with Crippen LogP contribution in [0.1, 0.15) is 17.3 Å². The number of nitrogens with one attached hydrogen (secondary N) is 2. The fourth-order valence-electron chi connectivity index (χ4n) is 1.41. The number of esters is 1. The first-order valence-electron chi connectivity index (χ1n) is 5.25. The van der Waals surface area contributed by atoms with E-state index in [2.05, 4.69) is 14.8 Å². The number of benzene rings is 1. The van der Waals surface area contributed by atoms with Crippen LogP contribution < -0.4 is 10.0 Å². The van der Waals surface area contributed by atoms with Gasteiger partial charge in [0.2, 0.25) is 15.9 Å². The molecule has 0 saturated heterocycles. The lowest BCUT2D eigenvalue weighted by Gasteiger charge is -2.10. The summed E-state index contributed by atoms with van der Waals surface area (Å²) < 4.78 is 30.3. The van der Waals surface area contributed by atoms with E-state index in [1.165, 1.54) is 32.2 Å². The van der Waals surface area contributed by atoms with Gasteiger partial charge in [-0.2, -0.15) is 0 Å². The average molecular weight is 286 g/mol. The minimum Gasteiger partial charge on any atom is -0.465 e. The van der Waals surface area contributed by atoms with Crippen molar-refractivity contribution in [1.82, 2.24) is 4.72 Å². The van der Waals surface area contributed by atoms with Crippen LogP contribution >= 0.6 is 0 Å². The predicted octanol–water partition coefficient (Wildman–Crippen LogP) is 0.340. The molecule has 1 amide bonds. The van der Waals surface area contributed by atoms with Crippen molar-refractivity contribution in [3.8, 4) is 0 Å². The summed E-state index contributed by atoms with van der Waals surface area (Å²) in [5.41, 5.74) is 0.167. The molecular formula is C11H14N2O5S. The Hall–Kier alpha value is -1.93. The summed E-state index contributed by atoms with van der Waals surface area (Å²) in [7, 11) is -1.47. The Morgan fingerprint density at radius 1 is 1.26 bits per heavy atom. The van der Waals surface area contributed by atoms with Gasteiger partial charge in [-0.15, -0.1) is 0 Å². The molecular weight excluding hydrogens is 272 g/mol. The molecule has 0 aliphatic rings. The van der Waals surface area contributed by atoms with E-state index < -0.39 is 16.0 Å². The van der Waals surface area contributed by atoms with Crippen molar-refractivity contribution in [2.45, 2.75) is 11.8 Å². The lowest BCUT2D eigenvalue weighted by Crippen LogP contribution is -2.22. The standard InChI is InChI=1S/C11H14N2O5S/c1-7(14)13-8-4-5-9(11(15)18-3)10(6-8)19(16,17)12-2/h4-6,12H,1-3H3,(H,13,14). The largest absolute Gasteiger partial charge is 0.465 e. The summed E-state index contributed by atoms with van der Waals surface area (Å²) in [4.78, 5) is 22.2. The third kappa shape index (κ3) is 3.52. The molecule has 8 heteroatoms. The number of carbonyl (C=O) groups excluding carboxylic acids is 2. The Kier molecular flexibility index (Phi) is 4.62. The summed E-state index contributed by atoms with van der Waals surface area (Å²) in [5, 5.41) is 2.44. The molecule has 0 unspecified atom stereocenters. The summed E-state index contributed by atoms with van der Waals surface area (Å²) >= 11 is 0. The molecule has 7 nitrogen and oxygen atoms in total. The molecule has 0 heterocycles. The van der Waals surface area contributed by atoms with Crippen molar-refractivity contribution in [3.05, 3.63) is 23.8 Å². The molecule has 2 N–H and O–H groups in total. The van der Waals surface area contributed by atoms with Crippen LogP contribution in [0.15, 0.2) is 23.1 Å². The van der Waals surface area contributed by atoms with Crippen molar-refractivity contribution in [3.63, 3.8) is 0 Å². The predicted molar refractivity (Wildman–Crippen MR) is 68.3 cm³/mol. The molecule has 1 aromatic rings. The number of carbonyl (C=O) groups is 2. The van der Waals surface area contributed by atoms with Crippen LogP contribution in [-0.2, 0) is 19.6 Å². The van der Waals surface area contributed by atoms with Crippen molar-refractivity contribution >= 4 is 27.6 Å². The van der Waals surface area contributed by atoms with Gasteiger partial charge >= 0.3 is 5.97 Å². The Bertz CT molecular complexity index is 610. The van der Waals surface area contributed by atoms with E-state index in [4.69, 9.17) is 0 Å². The van der Waals surface area contributed by atoms with Crippen LogP contribution in [0.2, 0.25) is 0 Å². The average Bonchev–Trinajstić information content (AvgIpc) is 2.37. The molecule has 0 fully saturated rings. The van der Waals surface area contributed by atoms with Crippen molar-refractivity contribution < 1.29 is 22.7 Å². The van der Waals surface area contributed by atoms with Crippen molar-refractivity contribution in [1.29, 1.82) is 0 Å². The SMILES string of the molecule is CNS(=O)(=O)c1cc(NC(C)=O)ccc1C(=O)OC. The van der Waals surface area contributed by atoms with Gasteiger partial charge in [0.1, 0.15) is 0 Å². The highest BCUT2D eigenvalue weighted by Crippen LogP contribution is 2.21. The van der Waals surface area contributed by atoms with Crippen molar-refractivity contribution in [2.75, 3.05) is 19.5 Å². The Morgan fingerprint density at radius 2 is 1.89 bits per heavy atom. The maximum atomic E-state index is 11.8. The number of amides is 1. The molecule has 0 spiro atoms. The van der Waals surface area contributed by atoms with Gasteiger partial charge in [0, 0.05) is 12.6 Å². The van der Waals surface area contributed by atoms with Gasteiger partial charge in [-0.1, -0.05) is 0 Å². The molecule has 1 aromatic carbocycles. The highest BCUT2D eigenvalue weighted by Gasteiger charge is 2.22. The number of hydrogen-bond acceptors (Lipinski definition) is 5. The van der Waals surface area contributed by atoms with E-state index in [-0.39, 0.29) is 22.1 Å². The lowest BCUT2D eigenvalue weighted by molar-refractivity contribution is -0.114. The van der Waals surface area contributed by atoms with E-state index in [1.54, 1.807) is 0 Å². The van der Waals surface area contributed by atoms with Gasteiger partial charge in [-0.05, 0) is 25.2 Å². The van der Waals surface area contributed by atoms with Gasteiger partial charge in [0.05, 0.1) is 17.6 Å². The Labute approximate surface area is 111 Å². The smallest absolute Gasteiger partial charge is 0.339 e. The fourth-order valence-corrected chi connectivity index (χ4v) is 2.36. The van der Waals surface area contributed by atoms with Gasteiger partial charge in [-0.3, -0.25) is 4.79 Å². The third-order valence-corrected chi connectivity index (χ3v) is 3.72. The first kappa shape index (κ1) is 15.1. The number of methoxy groups -OCH3 is 1. The molecule has 0 atom stereocenters. The highest BCUT2D eigenvalue weighted by molar-refractivity contribution is 7.89. The van der Waals surface area contributed by atoms with E-state index in [0.717, 1.165) is 7.11 Å². The van der Waals surface area contributed by atoms with Crippen molar-refractivity contribution in [2.24, 2.45) is 0 Å². The molecule has 1 rings (SSSR count). The number of anilines is 1. The van der Waals surface area contributed by atoms with Crippen LogP contribution in [0.5, 0.6) is 0 Å². The van der Waals surface area contributed by atoms with Gasteiger partial charge in [0.15, 0.2) is 0 Å². The summed E-state index contributed by atoms with van der Waals surface area (Å²) in [5.74, 6) is -1.12. The van der Waals surface area contributed by atoms with E-state index >= 15 is 0 Å². The molecule has 0 aromatic heterocycles. The maximum Gasteiger partial charge on any atom is 0.339 e. The molecule has 0 aliphatic carbocycles. The lowest BCUT2D eigenvalue weighted by atomic mass is 10.2. The van der Waals surface area contributed by atoms with E-state index in [1.807, 2.05) is 0 Å². The maximum absolute atomic E-state index is 11.8. The van der Waals surface area contributed by atoms with Crippen LogP contribution in [-0.4, -0.2) is 34.5 Å². The van der Waals surface area contributed by atoms with Gasteiger partial charge in [0.25, 0.3) is 0 Å². The number of hydrogen-bond donors (Lipinski definition) is 2. The molecule has 0 radical (unpaired) electrons. The molecule has 0 bridgehead atoms. The first-order chi connectivity index (χ1) is 8.81. The zero-order valence-corrected chi connectivity index (χ0v) is 11.5. The molecule has 19 heavy (non-hydrogen) atoms. The second-order valence-electron chi connectivity index (χ2n) is 3.59. The summed E-state index contributed by atoms with van der Waals surface area (Å²) in [6.07, 6.45) is 0. The fraction of sp³-hybridized carbons (Fsp3) is 0.273. The quantitative estimate of drug-likeness (QED) is 0.777. The second-order valence-corrected chi connectivity index (χ2v) is 5.45. The van der Waals surface area contributed by atoms with Crippen LogP contribution in [0.25, 0.3) is 0 Å². The highest BCUT2D eigenvalue weighted by atomic mass is 32.2.